The van der Waals surface area contributed by atoms with Gasteiger partial charge in [-0.25, -0.2) is 0 Å². The maximum Gasteiger partial charge on any atom is 0.313 e. The first-order valence-corrected chi connectivity index (χ1v) is 6.56. The highest BCUT2D eigenvalue weighted by Crippen LogP contribution is 2.43. The molecule has 3 atom stereocenters. The standard InChI is InChI=1S/C15H20O3/c1-11-7-5-6-10-15(11,18)13(14(16)17)12-8-3-2-4-9-12/h2-4,8-9,11,13,18H,5-7,10H2,1H3,(H,16,17). The molecule has 3 unspecified atom stereocenters. The third kappa shape index (κ3) is 2.27. The quantitative estimate of drug-likeness (QED) is 0.864. The molecule has 1 aliphatic rings. The van der Waals surface area contributed by atoms with Gasteiger partial charge in [0.2, 0.25) is 0 Å². The van der Waals surface area contributed by atoms with E-state index in [1.165, 1.54) is 0 Å². The van der Waals surface area contributed by atoms with Crippen LogP contribution in [0.5, 0.6) is 0 Å². The molecule has 3 nitrogen and oxygen atoms in total. The highest BCUT2D eigenvalue weighted by Gasteiger charge is 2.47. The fraction of sp³-hybridized carbons (Fsp3) is 0.533. The fourth-order valence-electron chi connectivity index (χ4n) is 3.07. The lowest BCUT2D eigenvalue weighted by atomic mass is 9.67. The molecule has 0 radical (unpaired) electrons. The minimum atomic E-state index is -1.12. The summed E-state index contributed by atoms with van der Waals surface area (Å²) in [5.41, 5.74) is -0.424. The van der Waals surface area contributed by atoms with Crippen LogP contribution < -0.4 is 0 Å². The first kappa shape index (κ1) is 13.1. The van der Waals surface area contributed by atoms with Crippen molar-refractivity contribution >= 4 is 5.97 Å². The molecular formula is C15H20O3. The predicted molar refractivity (Wildman–Crippen MR) is 69.4 cm³/mol. The maximum absolute atomic E-state index is 11.6. The Kier molecular flexibility index (Phi) is 3.71. The normalized spacial score (nSPS) is 29.8. The van der Waals surface area contributed by atoms with E-state index < -0.39 is 17.5 Å². The smallest absolute Gasteiger partial charge is 0.313 e. The van der Waals surface area contributed by atoms with Gasteiger partial charge in [-0.15, -0.1) is 0 Å². The van der Waals surface area contributed by atoms with Gasteiger partial charge >= 0.3 is 5.97 Å². The van der Waals surface area contributed by atoms with Gasteiger partial charge in [0.05, 0.1) is 5.60 Å². The number of carboxylic acid groups (broad SMARTS) is 1. The van der Waals surface area contributed by atoms with E-state index >= 15 is 0 Å². The molecule has 0 spiro atoms. The summed E-state index contributed by atoms with van der Waals surface area (Å²) in [4.78, 5) is 11.6. The van der Waals surface area contributed by atoms with Gasteiger partial charge in [-0.3, -0.25) is 4.79 Å². The molecule has 1 aromatic rings. The molecule has 0 heterocycles. The van der Waals surface area contributed by atoms with E-state index in [4.69, 9.17) is 0 Å². The average molecular weight is 248 g/mol. The molecule has 2 N–H and O–H groups in total. The van der Waals surface area contributed by atoms with Gasteiger partial charge in [0.1, 0.15) is 5.92 Å². The monoisotopic (exact) mass is 248 g/mol. The van der Waals surface area contributed by atoms with Crippen LogP contribution in [0.15, 0.2) is 30.3 Å². The summed E-state index contributed by atoms with van der Waals surface area (Å²) in [5, 5.41) is 20.3. The van der Waals surface area contributed by atoms with Crippen LogP contribution in [0.1, 0.15) is 44.1 Å². The minimum Gasteiger partial charge on any atom is -0.481 e. The van der Waals surface area contributed by atoms with Crippen molar-refractivity contribution in [1.82, 2.24) is 0 Å². The minimum absolute atomic E-state index is 0.0209. The van der Waals surface area contributed by atoms with E-state index in [9.17, 15) is 15.0 Å². The lowest BCUT2D eigenvalue weighted by Gasteiger charge is -2.42. The topological polar surface area (TPSA) is 57.5 Å². The molecule has 0 bridgehead atoms. The molecule has 98 valence electrons. The number of carbonyl (C=O) groups is 1. The molecule has 1 fully saturated rings. The number of carboxylic acids is 1. The zero-order valence-corrected chi connectivity index (χ0v) is 10.7. The molecule has 0 aliphatic heterocycles. The lowest BCUT2D eigenvalue weighted by molar-refractivity contribution is -0.151. The highest BCUT2D eigenvalue weighted by molar-refractivity contribution is 5.78. The van der Waals surface area contributed by atoms with Crippen LogP contribution in [-0.4, -0.2) is 21.8 Å². The Bertz CT molecular complexity index is 415. The van der Waals surface area contributed by atoms with E-state index in [2.05, 4.69) is 0 Å². The highest BCUT2D eigenvalue weighted by atomic mass is 16.4. The van der Waals surface area contributed by atoms with Gasteiger partial charge in [-0.2, -0.15) is 0 Å². The second-order valence-electron chi connectivity index (χ2n) is 5.32. The number of rotatable bonds is 3. The summed E-state index contributed by atoms with van der Waals surface area (Å²) in [6.07, 6.45) is 3.44. The molecule has 18 heavy (non-hydrogen) atoms. The van der Waals surface area contributed by atoms with Crippen molar-refractivity contribution in [2.24, 2.45) is 5.92 Å². The molecule has 1 saturated carbocycles. The second kappa shape index (κ2) is 5.11. The summed E-state index contributed by atoms with van der Waals surface area (Å²) in [5.74, 6) is -1.74. The summed E-state index contributed by atoms with van der Waals surface area (Å²) < 4.78 is 0. The van der Waals surface area contributed by atoms with Crippen LogP contribution in [-0.2, 0) is 4.79 Å². The molecule has 1 aliphatic carbocycles. The maximum atomic E-state index is 11.6. The van der Waals surface area contributed by atoms with E-state index in [0.717, 1.165) is 19.3 Å². The van der Waals surface area contributed by atoms with Crippen LogP contribution in [0, 0.1) is 5.92 Å². The Labute approximate surface area is 107 Å². The Morgan fingerprint density at radius 1 is 1.33 bits per heavy atom. The van der Waals surface area contributed by atoms with Crippen molar-refractivity contribution < 1.29 is 15.0 Å². The number of aliphatic carboxylic acids is 1. The van der Waals surface area contributed by atoms with Crippen LogP contribution in [0.2, 0.25) is 0 Å². The van der Waals surface area contributed by atoms with Gasteiger partial charge in [0, 0.05) is 0 Å². The first-order valence-electron chi connectivity index (χ1n) is 6.56. The molecular weight excluding hydrogens is 228 g/mol. The number of hydrogen-bond donors (Lipinski definition) is 2. The molecule has 0 saturated heterocycles. The average Bonchev–Trinajstić information content (AvgIpc) is 2.34. The largest absolute Gasteiger partial charge is 0.481 e. The number of aliphatic hydroxyl groups is 1. The van der Waals surface area contributed by atoms with Crippen LogP contribution in [0.3, 0.4) is 0 Å². The van der Waals surface area contributed by atoms with Crippen LogP contribution in [0.4, 0.5) is 0 Å². The van der Waals surface area contributed by atoms with E-state index in [1.54, 1.807) is 12.1 Å². The third-order valence-electron chi connectivity index (χ3n) is 4.20. The van der Waals surface area contributed by atoms with Crippen molar-refractivity contribution in [3.05, 3.63) is 35.9 Å². The third-order valence-corrected chi connectivity index (χ3v) is 4.20. The Balaban J connectivity index is 2.39. The Hall–Kier alpha value is -1.35. The fourth-order valence-corrected chi connectivity index (χ4v) is 3.07. The van der Waals surface area contributed by atoms with Crippen molar-refractivity contribution in [2.45, 2.75) is 44.1 Å². The summed E-state index contributed by atoms with van der Waals surface area (Å²) in [6, 6.07) is 9.08. The van der Waals surface area contributed by atoms with E-state index in [1.807, 2.05) is 25.1 Å². The van der Waals surface area contributed by atoms with Gasteiger partial charge in [0.25, 0.3) is 0 Å². The van der Waals surface area contributed by atoms with E-state index in [0.29, 0.717) is 12.0 Å². The summed E-state index contributed by atoms with van der Waals surface area (Å²) in [6.45, 7) is 1.96. The van der Waals surface area contributed by atoms with Crippen molar-refractivity contribution in [1.29, 1.82) is 0 Å². The zero-order valence-electron chi connectivity index (χ0n) is 10.7. The van der Waals surface area contributed by atoms with E-state index in [-0.39, 0.29) is 5.92 Å². The molecule has 0 amide bonds. The molecule has 0 aromatic heterocycles. The SMILES string of the molecule is CC1CCCCC1(O)C(C(=O)O)c1ccccc1. The van der Waals surface area contributed by atoms with Crippen molar-refractivity contribution in [3.8, 4) is 0 Å². The summed E-state index contributed by atoms with van der Waals surface area (Å²) >= 11 is 0. The van der Waals surface area contributed by atoms with Gasteiger partial charge < -0.3 is 10.2 Å². The lowest BCUT2D eigenvalue weighted by Crippen LogP contribution is -2.47. The number of benzene rings is 1. The zero-order chi connectivity index (χ0) is 13.2. The van der Waals surface area contributed by atoms with Gasteiger partial charge in [-0.05, 0) is 24.3 Å². The Morgan fingerprint density at radius 3 is 2.56 bits per heavy atom. The molecule has 3 heteroatoms. The molecule has 1 aromatic carbocycles. The first-order chi connectivity index (χ1) is 8.55. The second-order valence-corrected chi connectivity index (χ2v) is 5.32. The summed E-state index contributed by atoms with van der Waals surface area (Å²) in [7, 11) is 0. The van der Waals surface area contributed by atoms with Gasteiger partial charge in [-0.1, -0.05) is 50.1 Å². The van der Waals surface area contributed by atoms with Crippen molar-refractivity contribution in [2.75, 3.05) is 0 Å². The van der Waals surface area contributed by atoms with Gasteiger partial charge in [0.15, 0.2) is 0 Å². The Morgan fingerprint density at radius 2 is 2.00 bits per heavy atom. The van der Waals surface area contributed by atoms with Crippen LogP contribution in [0.25, 0.3) is 0 Å². The number of hydrogen-bond acceptors (Lipinski definition) is 2. The van der Waals surface area contributed by atoms with Crippen LogP contribution >= 0.6 is 0 Å². The molecule has 2 rings (SSSR count). The van der Waals surface area contributed by atoms with Crippen molar-refractivity contribution in [3.63, 3.8) is 0 Å². The predicted octanol–water partition coefficient (Wildman–Crippen LogP) is 2.80.